The first-order chi connectivity index (χ1) is 39.1. The van der Waals surface area contributed by atoms with Crippen molar-refractivity contribution in [1.82, 2.24) is 19.9 Å². The topological polar surface area (TPSA) is 250 Å². The van der Waals surface area contributed by atoms with E-state index in [-0.39, 0.29) is 53.6 Å². The number of methoxy groups -OCH3 is 1. The average Bonchev–Trinajstić information content (AvgIpc) is 3.64. The molecule has 0 spiro atoms. The number of nitrogens with zero attached hydrogens (tertiary/aromatic N) is 8. The number of fused-ring (bicyclic) bond motifs is 12. The molecule has 0 aromatic carbocycles. The van der Waals surface area contributed by atoms with Gasteiger partial charge in [-0.05, 0) is 48.9 Å². The van der Waals surface area contributed by atoms with Crippen molar-refractivity contribution in [3.8, 4) is 0 Å². The fourth-order valence-corrected chi connectivity index (χ4v) is 12.9. The number of ketones is 1. The van der Waals surface area contributed by atoms with Crippen LogP contribution in [0.1, 0.15) is 62.8 Å². The summed E-state index contributed by atoms with van der Waals surface area (Å²) in [6.45, 7) is 14.8. The summed E-state index contributed by atoms with van der Waals surface area (Å²) < 4.78 is 27.1. The summed E-state index contributed by atoms with van der Waals surface area (Å²) in [5, 5.41) is 11.9. The van der Waals surface area contributed by atoms with E-state index in [0.29, 0.717) is 98.8 Å². The predicted molar refractivity (Wildman–Crippen MR) is 298 cm³/mol. The first kappa shape index (κ1) is 62.8. The van der Waals surface area contributed by atoms with Gasteiger partial charge >= 0.3 is 24.2 Å². The van der Waals surface area contributed by atoms with Gasteiger partial charge in [-0.25, -0.2) is 0 Å². The quantitative estimate of drug-likeness (QED) is 0.197. The number of esters is 1. The van der Waals surface area contributed by atoms with Gasteiger partial charge in [0.1, 0.15) is 5.78 Å². The zero-order valence-electron chi connectivity index (χ0n) is 45.5. The fraction of sp³-hybridized carbons (Fsp3) is 0.554. The second kappa shape index (κ2) is 29.4. The molecule has 7 atom stereocenters. The van der Waals surface area contributed by atoms with Gasteiger partial charge in [0.25, 0.3) is 0 Å². The van der Waals surface area contributed by atoms with E-state index in [1.54, 1.807) is 24.8 Å². The third-order valence-corrected chi connectivity index (χ3v) is 17.2. The number of morpholine rings is 4. The largest absolute Gasteiger partial charge is 0.481 e. The number of halogens is 4. The minimum atomic E-state index is -0.794. The molecule has 4 fully saturated rings. The molecule has 0 amide bonds. The number of carbonyl (C=O) groups is 3. The van der Waals surface area contributed by atoms with Gasteiger partial charge < -0.3 is 48.4 Å². The number of aromatic nitrogens is 4. The van der Waals surface area contributed by atoms with Crippen LogP contribution in [0.15, 0.2) is 49.1 Å². The van der Waals surface area contributed by atoms with Crippen molar-refractivity contribution >= 4 is 99.2 Å². The van der Waals surface area contributed by atoms with Crippen molar-refractivity contribution in [2.75, 3.05) is 106 Å². The number of pyridine rings is 4. The highest BCUT2D eigenvalue weighted by Gasteiger charge is 2.47. The lowest BCUT2D eigenvalue weighted by Crippen LogP contribution is -2.58. The van der Waals surface area contributed by atoms with Crippen LogP contribution in [0, 0.1) is 23.2 Å². The molecule has 0 saturated carbocycles. The molecule has 8 aliphatic rings. The van der Waals surface area contributed by atoms with Gasteiger partial charge in [-0.1, -0.05) is 67.2 Å². The second-order valence-electron chi connectivity index (χ2n) is 20.3. The van der Waals surface area contributed by atoms with Crippen LogP contribution in [0.4, 0.5) is 22.7 Å². The Labute approximate surface area is 489 Å². The van der Waals surface area contributed by atoms with Crippen LogP contribution in [0.25, 0.3) is 0 Å². The highest BCUT2D eigenvalue weighted by Crippen LogP contribution is 2.47. The summed E-state index contributed by atoms with van der Waals surface area (Å²) >= 11 is 24.2. The maximum atomic E-state index is 12.2. The van der Waals surface area contributed by atoms with Crippen molar-refractivity contribution in [3.63, 3.8) is 0 Å². The molecule has 7 unspecified atom stereocenters. The van der Waals surface area contributed by atoms with Gasteiger partial charge in [0.2, 0.25) is 0 Å². The van der Waals surface area contributed by atoms with Crippen molar-refractivity contribution in [2.45, 2.75) is 89.9 Å². The summed E-state index contributed by atoms with van der Waals surface area (Å²) in [7, 11) is 1.42. The van der Waals surface area contributed by atoms with E-state index in [1.165, 1.54) is 18.5 Å². The Morgan fingerprint density at radius 1 is 0.568 bits per heavy atom. The molecule has 12 heterocycles. The van der Waals surface area contributed by atoms with E-state index < -0.39 is 11.9 Å². The molecule has 0 aliphatic carbocycles. The smallest absolute Gasteiger partial charge is 0.373 e. The number of Topliss-reactive ketones (excluding diaryl/α,β-unsaturated/α-hetero) is 1. The molecule has 0 bridgehead atoms. The number of ether oxygens (including phenoxy) is 5. The molecular formula is C56H66Cl4N8O13. The first-order valence-corrected chi connectivity index (χ1v) is 28.4. The summed E-state index contributed by atoms with van der Waals surface area (Å²) in [6.07, 6.45) is 12.8. The van der Waals surface area contributed by atoms with Gasteiger partial charge in [-0.2, -0.15) is 19.2 Å². The number of carboxylic acid groups (broad SMARTS) is 1. The number of carboxylic acids is 1. The van der Waals surface area contributed by atoms with Crippen LogP contribution < -0.4 is 19.6 Å². The Hall–Kier alpha value is -5.83. The zero-order valence-corrected chi connectivity index (χ0v) is 48.6. The van der Waals surface area contributed by atoms with E-state index in [0.717, 1.165) is 91.3 Å². The molecule has 12 rings (SSSR count). The van der Waals surface area contributed by atoms with Crippen LogP contribution >= 0.6 is 46.4 Å². The fourth-order valence-electron chi connectivity index (χ4n) is 12.3. The number of aliphatic carboxylic acids is 1. The Morgan fingerprint density at radius 2 is 0.914 bits per heavy atom. The van der Waals surface area contributed by atoms with E-state index >= 15 is 0 Å². The molecule has 4 aromatic rings. The zero-order chi connectivity index (χ0) is 58.4. The van der Waals surface area contributed by atoms with E-state index in [2.05, 4.69) is 59.4 Å². The summed E-state index contributed by atoms with van der Waals surface area (Å²) in [6, 6.07) is 8.28. The third kappa shape index (κ3) is 14.5. The highest BCUT2D eigenvalue weighted by atomic mass is 35.5. The Bertz CT molecular complexity index is 2810. The molecule has 21 nitrogen and oxygen atoms in total. The molecule has 4 aromatic heterocycles. The van der Waals surface area contributed by atoms with Gasteiger partial charge in [0.05, 0.1) is 162 Å². The van der Waals surface area contributed by atoms with Crippen molar-refractivity contribution in [1.29, 1.82) is 0 Å². The third-order valence-electron chi connectivity index (χ3n) is 16.4. The molecule has 8 aliphatic heterocycles. The van der Waals surface area contributed by atoms with Gasteiger partial charge in [-0.3, -0.25) is 34.3 Å². The van der Waals surface area contributed by atoms with Crippen LogP contribution in [0.5, 0.6) is 0 Å². The Balaban J connectivity index is 0.000000151. The van der Waals surface area contributed by atoms with E-state index in [4.69, 9.17) is 89.3 Å². The molecule has 0 radical (unpaired) electrons. The van der Waals surface area contributed by atoms with Gasteiger partial charge in [0, 0.05) is 82.6 Å². The minimum absolute atomic E-state index is 0.00789. The van der Waals surface area contributed by atoms with Crippen LogP contribution in [0.3, 0.4) is 0 Å². The molecular weight excluding hydrogens is 1130 g/mol. The molecule has 81 heavy (non-hydrogen) atoms. The molecule has 436 valence electrons. The molecule has 25 heteroatoms. The van der Waals surface area contributed by atoms with Crippen LogP contribution in [0.2, 0.25) is 20.1 Å². The van der Waals surface area contributed by atoms with Crippen LogP contribution in [-0.2, 0) is 82.9 Å². The number of hydrogen-bond acceptors (Lipinski definition) is 20. The standard InChI is InChI=1S/C15H21ClN2O.C14H17ClN2O2.C13H15ClN2O3.C12H13ClN2O3.2CO2/c1-3-15(4-2)8-12-13(7-11(16)9-17-12)18-5-6-19-10-14(15)18;1-2-14(18)10-6-11-12(5-9(15)7-16-11)17-3-4-19-8-13(10)17;1-18-13(17)9-5-10-11(4-8(14)6-15-10)16-2-3-19-7-12(9)16;13-7-3-10-9(14-5-7)4-8(12(16)17)11-6-18-2-1-15(10)11;2*2-1-3/h7,9,14H,3-6,8,10H2,1-2H3;5,7,10,13H,2-4,6,8H2,1H3;4,6,9,12H,2-3,5,7H2,1H3;3,5,8,11H,1-2,4,6H2,(H,16,17);;. The normalized spacial score (nSPS) is 23.9. The highest BCUT2D eigenvalue weighted by molar-refractivity contribution is 6.31. The van der Waals surface area contributed by atoms with E-state index in [9.17, 15) is 19.5 Å². The van der Waals surface area contributed by atoms with Crippen LogP contribution in [-0.4, -0.2) is 165 Å². The SMILES string of the molecule is CCC(=O)C1Cc2ncc(Cl)cc2N2CCOCC12.CCC1(CC)Cc2ncc(Cl)cc2N2CCOCC21.COC(=O)C1Cc2ncc(Cl)cc2N2CCOCC12.O=C(O)C1Cc2ncc(Cl)cc2N2CCOCC12.O=C=O.O=C=O. The lowest BCUT2D eigenvalue weighted by atomic mass is 9.68. The summed E-state index contributed by atoms with van der Waals surface area (Å²) in [5.41, 5.74) is 8.44. The lowest BCUT2D eigenvalue weighted by molar-refractivity contribution is -0.193. The second-order valence-corrected chi connectivity index (χ2v) is 22.0. The monoisotopic (exact) mass is 1200 g/mol. The van der Waals surface area contributed by atoms with E-state index in [1.807, 2.05) is 25.1 Å². The Morgan fingerprint density at radius 3 is 1.31 bits per heavy atom. The molecule has 4 saturated heterocycles. The Kier molecular flexibility index (Phi) is 22.8. The number of anilines is 4. The number of carbonyl (C=O) groups excluding carboxylic acids is 6. The predicted octanol–water partition coefficient (Wildman–Crippen LogP) is 6.71. The maximum Gasteiger partial charge on any atom is 0.373 e. The summed E-state index contributed by atoms with van der Waals surface area (Å²) in [5.74, 6) is -1.41. The summed E-state index contributed by atoms with van der Waals surface area (Å²) in [4.78, 5) is 94.5. The van der Waals surface area contributed by atoms with Crippen molar-refractivity contribution in [2.24, 2.45) is 23.2 Å². The lowest BCUT2D eigenvalue weighted by Gasteiger charge is -2.52. The van der Waals surface area contributed by atoms with Crippen molar-refractivity contribution < 1.29 is 62.4 Å². The maximum absolute atomic E-state index is 12.2. The van der Waals surface area contributed by atoms with Crippen molar-refractivity contribution in [3.05, 3.63) is 91.9 Å². The van der Waals surface area contributed by atoms with Gasteiger partial charge in [-0.15, -0.1) is 0 Å². The number of rotatable bonds is 6. The molecule has 1 N–H and O–H groups in total. The minimum Gasteiger partial charge on any atom is -0.481 e. The van der Waals surface area contributed by atoms with Gasteiger partial charge in [0.15, 0.2) is 0 Å². The average molecular weight is 1200 g/mol. The number of hydrogen-bond donors (Lipinski definition) is 1. The first-order valence-electron chi connectivity index (χ1n) is 26.9.